The molecule has 35 heavy (non-hydrogen) atoms. The number of carbonyl (C=O) groups excluding carboxylic acids is 1. The molecule has 0 aliphatic heterocycles. The van der Waals surface area contributed by atoms with Crippen LogP contribution in [0.2, 0.25) is 5.02 Å². The van der Waals surface area contributed by atoms with Gasteiger partial charge >= 0.3 is 0 Å². The van der Waals surface area contributed by atoms with Gasteiger partial charge in [0.25, 0.3) is 5.91 Å². The summed E-state index contributed by atoms with van der Waals surface area (Å²) in [6, 6.07) is 16.7. The van der Waals surface area contributed by atoms with Gasteiger partial charge in [-0.2, -0.15) is 8.78 Å². The van der Waals surface area contributed by atoms with E-state index in [0.717, 1.165) is 9.79 Å². The maximum Gasteiger partial charge on any atom is 0.291 e. The van der Waals surface area contributed by atoms with Crippen LogP contribution in [0.3, 0.4) is 0 Å². The van der Waals surface area contributed by atoms with Gasteiger partial charge in [-0.15, -0.1) is 0 Å². The summed E-state index contributed by atoms with van der Waals surface area (Å²) >= 11 is 7.30. The minimum atomic E-state index is -2.29. The highest BCUT2D eigenvalue weighted by molar-refractivity contribution is 7.99. The van der Waals surface area contributed by atoms with Gasteiger partial charge in [-0.05, 0) is 48.5 Å². The molecule has 0 radical (unpaired) electrons. The summed E-state index contributed by atoms with van der Waals surface area (Å²) in [5.41, 5.74) is 0.494. The van der Waals surface area contributed by atoms with E-state index in [1.54, 1.807) is 36.4 Å². The fourth-order valence-corrected chi connectivity index (χ4v) is 3.93. The number of para-hydroxylation sites is 1. The number of rotatable bonds is 7. The minimum absolute atomic E-state index is 0.0806. The molecule has 0 atom stereocenters. The van der Waals surface area contributed by atoms with Crippen LogP contribution in [0, 0.1) is 29.1 Å². The Hall–Kier alpha value is -3.50. The first-order valence-corrected chi connectivity index (χ1v) is 11.0. The topological polar surface area (TPSA) is 51.5 Å². The lowest BCUT2D eigenvalue weighted by Gasteiger charge is -2.10. The Morgan fingerprint density at radius 1 is 0.857 bits per heavy atom. The Morgan fingerprint density at radius 3 is 2.17 bits per heavy atom. The van der Waals surface area contributed by atoms with Crippen LogP contribution in [-0.2, 0) is 6.61 Å². The van der Waals surface area contributed by atoms with E-state index >= 15 is 0 Å². The van der Waals surface area contributed by atoms with Crippen molar-refractivity contribution in [2.45, 2.75) is 16.4 Å². The number of benzene rings is 3. The van der Waals surface area contributed by atoms with Gasteiger partial charge in [0.2, 0.25) is 29.1 Å². The summed E-state index contributed by atoms with van der Waals surface area (Å²) in [7, 11) is 0. The third-order valence-corrected chi connectivity index (χ3v) is 5.93. The number of halogens is 6. The zero-order chi connectivity index (χ0) is 25.1. The molecule has 0 spiro atoms. The van der Waals surface area contributed by atoms with Crippen LogP contribution in [0.1, 0.15) is 16.3 Å². The molecule has 4 aromatic rings. The highest BCUT2D eigenvalue weighted by Crippen LogP contribution is 2.34. The molecule has 0 aliphatic rings. The van der Waals surface area contributed by atoms with Gasteiger partial charge in [-0.25, -0.2) is 13.2 Å². The van der Waals surface area contributed by atoms with Crippen molar-refractivity contribution >= 4 is 35.0 Å². The molecule has 0 unspecified atom stereocenters. The van der Waals surface area contributed by atoms with Crippen LogP contribution in [-0.4, -0.2) is 5.91 Å². The molecule has 4 nitrogen and oxygen atoms in total. The van der Waals surface area contributed by atoms with Crippen molar-refractivity contribution in [2.24, 2.45) is 0 Å². The first-order valence-electron chi connectivity index (χ1n) is 9.81. The second-order valence-corrected chi connectivity index (χ2v) is 8.51. The zero-order valence-electron chi connectivity index (χ0n) is 17.4. The van der Waals surface area contributed by atoms with E-state index in [2.05, 4.69) is 5.32 Å². The molecular formula is C24H13ClF5NO3S. The molecule has 0 saturated heterocycles. The van der Waals surface area contributed by atoms with Crippen molar-refractivity contribution in [3.8, 4) is 5.75 Å². The maximum atomic E-state index is 13.7. The molecule has 1 aromatic heterocycles. The first-order chi connectivity index (χ1) is 16.7. The normalized spacial score (nSPS) is 10.9. The summed E-state index contributed by atoms with van der Waals surface area (Å²) in [5.74, 6) is -13.1. The monoisotopic (exact) mass is 525 g/mol. The SMILES string of the molecule is O=C(Nc1ccccc1Sc1ccc(Cl)cc1)c1ccc(COc2c(F)c(F)c(F)c(F)c2F)o1. The van der Waals surface area contributed by atoms with E-state index in [9.17, 15) is 26.7 Å². The number of nitrogens with one attached hydrogen (secondary N) is 1. The number of amides is 1. The lowest BCUT2D eigenvalue weighted by atomic mass is 10.2. The molecule has 11 heteroatoms. The van der Waals surface area contributed by atoms with E-state index in [1.165, 1.54) is 23.9 Å². The van der Waals surface area contributed by atoms with Gasteiger partial charge in [0, 0.05) is 14.8 Å². The van der Waals surface area contributed by atoms with E-state index in [1.807, 2.05) is 12.1 Å². The van der Waals surface area contributed by atoms with Gasteiger partial charge in [-0.1, -0.05) is 35.5 Å². The van der Waals surface area contributed by atoms with Crippen molar-refractivity contribution in [3.05, 3.63) is 106 Å². The van der Waals surface area contributed by atoms with Crippen LogP contribution in [0.15, 0.2) is 74.9 Å². The first kappa shape index (κ1) is 24.6. The molecule has 0 aliphatic carbocycles. The number of hydrogen-bond donors (Lipinski definition) is 1. The molecule has 1 N–H and O–H groups in total. The van der Waals surface area contributed by atoms with Crippen LogP contribution in [0.4, 0.5) is 27.6 Å². The van der Waals surface area contributed by atoms with Crippen LogP contribution < -0.4 is 10.1 Å². The molecule has 0 fully saturated rings. The second-order valence-electron chi connectivity index (χ2n) is 6.96. The molecule has 0 bridgehead atoms. The van der Waals surface area contributed by atoms with Crippen LogP contribution in [0.25, 0.3) is 0 Å². The molecule has 4 rings (SSSR count). The lowest BCUT2D eigenvalue weighted by Crippen LogP contribution is -2.11. The lowest BCUT2D eigenvalue weighted by molar-refractivity contribution is 0.0992. The van der Waals surface area contributed by atoms with Crippen molar-refractivity contribution in [1.82, 2.24) is 0 Å². The average Bonchev–Trinajstić information content (AvgIpc) is 3.33. The Bertz CT molecular complexity index is 1370. The predicted molar refractivity (Wildman–Crippen MR) is 119 cm³/mol. The summed E-state index contributed by atoms with van der Waals surface area (Å²) in [4.78, 5) is 14.3. The average molecular weight is 526 g/mol. The Kier molecular flexibility index (Phi) is 7.32. The van der Waals surface area contributed by atoms with Crippen LogP contribution >= 0.6 is 23.4 Å². The Labute approximate surface area is 204 Å². The smallest absolute Gasteiger partial charge is 0.291 e. The largest absolute Gasteiger partial charge is 0.479 e. The summed E-state index contributed by atoms with van der Waals surface area (Å²) in [6.07, 6.45) is 0. The van der Waals surface area contributed by atoms with Gasteiger partial charge in [0.05, 0.1) is 5.69 Å². The van der Waals surface area contributed by atoms with E-state index in [0.29, 0.717) is 10.7 Å². The highest BCUT2D eigenvalue weighted by Gasteiger charge is 2.27. The van der Waals surface area contributed by atoms with E-state index in [4.69, 9.17) is 20.8 Å². The van der Waals surface area contributed by atoms with Gasteiger partial charge in [0.15, 0.2) is 11.5 Å². The van der Waals surface area contributed by atoms with Crippen molar-refractivity contribution in [1.29, 1.82) is 0 Å². The minimum Gasteiger partial charge on any atom is -0.479 e. The molecule has 180 valence electrons. The van der Waals surface area contributed by atoms with Crippen molar-refractivity contribution in [3.63, 3.8) is 0 Å². The molecule has 3 aromatic carbocycles. The van der Waals surface area contributed by atoms with Crippen molar-refractivity contribution in [2.75, 3.05) is 5.32 Å². The second kappa shape index (κ2) is 10.4. The van der Waals surface area contributed by atoms with Crippen molar-refractivity contribution < 1.29 is 35.9 Å². The summed E-state index contributed by atoms with van der Waals surface area (Å²) in [6.45, 7) is -0.686. The molecule has 0 saturated carbocycles. The molecule has 1 heterocycles. The number of ether oxygens (including phenoxy) is 1. The third kappa shape index (κ3) is 5.44. The summed E-state index contributed by atoms with van der Waals surface area (Å²) < 4.78 is 77.3. The van der Waals surface area contributed by atoms with Gasteiger partial charge in [0.1, 0.15) is 12.4 Å². The molecule has 1 amide bonds. The van der Waals surface area contributed by atoms with Gasteiger partial charge in [-0.3, -0.25) is 4.79 Å². The highest BCUT2D eigenvalue weighted by atomic mass is 35.5. The third-order valence-electron chi connectivity index (χ3n) is 4.59. The number of anilines is 1. The Morgan fingerprint density at radius 2 is 1.49 bits per heavy atom. The van der Waals surface area contributed by atoms with E-state index < -0.39 is 47.3 Å². The number of furan rings is 1. The number of hydrogen-bond acceptors (Lipinski definition) is 4. The summed E-state index contributed by atoms with van der Waals surface area (Å²) in [5, 5.41) is 3.30. The predicted octanol–water partition coefficient (Wildman–Crippen LogP) is 7.61. The fourth-order valence-electron chi connectivity index (χ4n) is 2.90. The standard InChI is InChI=1S/C24H13ClF5NO3S/c25-12-5-8-14(9-6-12)35-17-4-2-1-3-15(17)31-24(32)16-10-7-13(34-16)11-33-23-21(29)19(27)18(26)20(28)22(23)30/h1-10H,11H2,(H,31,32). The fraction of sp³-hybridized carbons (Fsp3) is 0.0417. The zero-order valence-corrected chi connectivity index (χ0v) is 19.0. The molecular weight excluding hydrogens is 513 g/mol. The van der Waals surface area contributed by atoms with E-state index in [-0.39, 0.29) is 11.5 Å². The maximum absolute atomic E-state index is 13.7. The Balaban J connectivity index is 1.45. The van der Waals surface area contributed by atoms with Crippen LogP contribution in [0.5, 0.6) is 5.75 Å². The number of carbonyl (C=O) groups is 1. The quantitative estimate of drug-likeness (QED) is 0.153. The van der Waals surface area contributed by atoms with Gasteiger partial charge < -0.3 is 14.5 Å².